The number of hydrogen-bond acceptors (Lipinski definition) is 6. The van der Waals surface area contributed by atoms with Gasteiger partial charge < -0.3 is 19.6 Å². The van der Waals surface area contributed by atoms with Gasteiger partial charge in [-0.05, 0) is 12.6 Å². The maximum atomic E-state index is 12.6. The van der Waals surface area contributed by atoms with Crippen LogP contribution in [0.1, 0.15) is 17.4 Å². The smallest absolute Gasteiger partial charge is 0.272 e. The van der Waals surface area contributed by atoms with Crippen LogP contribution < -0.4 is 4.90 Å². The lowest BCUT2D eigenvalue weighted by Gasteiger charge is -2.34. The Bertz CT molecular complexity index is 580. The highest BCUT2D eigenvalue weighted by Gasteiger charge is 2.24. The number of carbonyl (C=O) groups is 2. The van der Waals surface area contributed by atoms with Gasteiger partial charge >= 0.3 is 0 Å². The van der Waals surface area contributed by atoms with E-state index in [0.717, 1.165) is 39.1 Å². The van der Waals surface area contributed by atoms with Crippen molar-refractivity contribution in [1.29, 1.82) is 0 Å². The van der Waals surface area contributed by atoms with Crippen molar-refractivity contribution in [2.75, 3.05) is 63.8 Å². The third-order valence-electron chi connectivity index (χ3n) is 4.71. The Balaban J connectivity index is 1.65. The Morgan fingerprint density at radius 2 is 1.83 bits per heavy atom. The van der Waals surface area contributed by atoms with Crippen LogP contribution in [0.2, 0.25) is 0 Å². The summed E-state index contributed by atoms with van der Waals surface area (Å²) in [6.07, 6.45) is 2.49. The molecule has 0 saturated carbocycles. The van der Waals surface area contributed by atoms with Gasteiger partial charge in [-0.3, -0.25) is 9.59 Å². The topological polar surface area (TPSA) is 72.9 Å². The largest absolute Gasteiger partial charge is 0.342 e. The molecule has 0 aliphatic carbocycles. The molecular formula is C16H24N6O2. The molecule has 3 heterocycles. The molecule has 8 heteroatoms. The first-order valence-corrected chi connectivity index (χ1v) is 8.50. The molecule has 0 N–H and O–H groups in total. The molecule has 130 valence electrons. The summed E-state index contributed by atoms with van der Waals surface area (Å²) in [5.41, 5.74) is 0.428. The number of anilines is 1. The first-order chi connectivity index (χ1) is 11.7. The first kappa shape index (κ1) is 16.6. The molecule has 0 unspecified atom stereocenters. The molecule has 3 rings (SSSR count). The van der Waals surface area contributed by atoms with Crippen LogP contribution in [0.5, 0.6) is 0 Å². The van der Waals surface area contributed by atoms with Gasteiger partial charge in [0.15, 0.2) is 0 Å². The SMILES string of the molecule is CCN1CCN(c2nccc(C(=O)N3CCN(C=O)CC3)n2)CC1. The fraction of sp³-hybridized carbons (Fsp3) is 0.625. The van der Waals surface area contributed by atoms with Crippen molar-refractivity contribution >= 4 is 18.3 Å². The number of piperazine rings is 2. The predicted molar refractivity (Wildman–Crippen MR) is 89.9 cm³/mol. The van der Waals surface area contributed by atoms with Crippen molar-refractivity contribution in [3.8, 4) is 0 Å². The lowest BCUT2D eigenvalue weighted by atomic mass is 10.3. The molecule has 2 amide bonds. The highest BCUT2D eigenvalue weighted by Crippen LogP contribution is 2.13. The zero-order chi connectivity index (χ0) is 16.9. The monoisotopic (exact) mass is 332 g/mol. The van der Waals surface area contributed by atoms with Crippen LogP contribution in [-0.4, -0.2) is 95.9 Å². The van der Waals surface area contributed by atoms with E-state index in [2.05, 4.69) is 26.7 Å². The number of carbonyl (C=O) groups excluding carboxylic acids is 2. The molecule has 24 heavy (non-hydrogen) atoms. The summed E-state index contributed by atoms with van der Waals surface area (Å²) in [5.74, 6) is 0.541. The Hall–Kier alpha value is -2.22. The highest BCUT2D eigenvalue weighted by molar-refractivity contribution is 5.92. The van der Waals surface area contributed by atoms with E-state index in [1.165, 1.54) is 0 Å². The maximum absolute atomic E-state index is 12.6. The molecule has 0 atom stereocenters. The summed E-state index contributed by atoms with van der Waals surface area (Å²) in [7, 11) is 0. The van der Waals surface area contributed by atoms with Crippen molar-refractivity contribution in [2.45, 2.75) is 6.92 Å². The van der Waals surface area contributed by atoms with Crippen molar-refractivity contribution in [3.05, 3.63) is 18.0 Å². The minimum atomic E-state index is -0.0867. The lowest BCUT2D eigenvalue weighted by Crippen LogP contribution is -2.48. The van der Waals surface area contributed by atoms with E-state index in [4.69, 9.17) is 0 Å². The second kappa shape index (κ2) is 7.57. The molecule has 0 aromatic carbocycles. The van der Waals surface area contributed by atoms with Gasteiger partial charge in [-0.25, -0.2) is 9.97 Å². The number of rotatable bonds is 4. The molecule has 1 aromatic rings. The fourth-order valence-corrected chi connectivity index (χ4v) is 3.08. The summed E-state index contributed by atoms with van der Waals surface area (Å²) in [6, 6.07) is 1.67. The van der Waals surface area contributed by atoms with E-state index in [1.54, 1.807) is 22.1 Å². The van der Waals surface area contributed by atoms with Crippen molar-refractivity contribution in [2.24, 2.45) is 0 Å². The van der Waals surface area contributed by atoms with Gasteiger partial charge in [0, 0.05) is 58.6 Å². The fourth-order valence-electron chi connectivity index (χ4n) is 3.08. The van der Waals surface area contributed by atoms with Crippen LogP contribution >= 0.6 is 0 Å². The van der Waals surface area contributed by atoms with E-state index in [1.807, 2.05) is 0 Å². The van der Waals surface area contributed by atoms with Gasteiger partial charge in [-0.15, -0.1) is 0 Å². The Kier molecular flexibility index (Phi) is 5.24. The van der Waals surface area contributed by atoms with E-state index < -0.39 is 0 Å². The lowest BCUT2D eigenvalue weighted by molar-refractivity contribution is -0.119. The second-order valence-corrected chi connectivity index (χ2v) is 6.10. The average molecular weight is 332 g/mol. The molecule has 2 saturated heterocycles. The Morgan fingerprint density at radius 1 is 1.12 bits per heavy atom. The summed E-state index contributed by atoms with van der Waals surface area (Å²) < 4.78 is 0. The molecule has 8 nitrogen and oxygen atoms in total. The second-order valence-electron chi connectivity index (χ2n) is 6.10. The summed E-state index contributed by atoms with van der Waals surface area (Å²) in [6.45, 7) is 9.21. The third kappa shape index (κ3) is 3.64. The minimum absolute atomic E-state index is 0.0867. The molecule has 0 spiro atoms. The zero-order valence-electron chi connectivity index (χ0n) is 14.1. The van der Waals surface area contributed by atoms with Crippen molar-refractivity contribution in [1.82, 2.24) is 24.7 Å². The summed E-state index contributed by atoms with van der Waals surface area (Å²) in [5, 5.41) is 0. The molecule has 0 radical (unpaired) electrons. The van der Waals surface area contributed by atoms with Crippen LogP contribution in [0.3, 0.4) is 0 Å². The Labute approximate surface area is 142 Å². The number of nitrogens with zero attached hydrogens (tertiary/aromatic N) is 6. The number of aromatic nitrogens is 2. The minimum Gasteiger partial charge on any atom is -0.342 e. The van der Waals surface area contributed by atoms with Crippen molar-refractivity contribution < 1.29 is 9.59 Å². The van der Waals surface area contributed by atoms with E-state index in [0.29, 0.717) is 37.8 Å². The van der Waals surface area contributed by atoms with Crippen LogP contribution in [0.4, 0.5) is 5.95 Å². The quantitative estimate of drug-likeness (QED) is 0.694. The van der Waals surface area contributed by atoms with Gasteiger partial charge in [0.1, 0.15) is 5.69 Å². The molecule has 2 fully saturated rings. The van der Waals surface area contributed by atoms with Crippen LogP contribution in [-0.2, 0) is 4.79 Å². The van der Waals surface area contributed by atoms with E-state index in [9.17, 15) is 9.59 Å². The predicted octanol–water partition coefficient (Wildman–Crippen LogP) is -0.467. The summed E-state index contributed by atoms with van der Waals surface area (Å²) in [4.78, 5) is 40.2. The number of likely N-dealkylation sites (N-methyl/N-ethyl adjacent to an activating group) is 1. The maximum Gasteiger partial charge on any atom is 0.272 e. The van der Waals surface area contributed by atoms with Gasteiger partial charge in [-0.2, -0.15) is 0 Å². The molecule has 0 bridgehead atoms. The zero-order valence-corrected chi connectivity index (χ0v) is 14.1. The normalized spacial score (nSPS) is 19.5. The first-order valence-electron chi connectivity index (χ1n) is 8.50. The highest BCUT2D eigenvalue weighted by atomic mass is 16.2. The third-order valence-corrected chi connectivity index (χ3v) is 4.71. The molecular weight excluding hydrogens is 308 g/mol. The van der Waals surface area contributed by atoms with Crippen LogP contribution in [0.15, 0.2) is 12.3 Å². The average Bonchev–Trinajstić information content (AvgIpc) is 2.67. The Morgan fingerprint density at radius 3 is 2.46 bits per heavy atom. The molecule has 2 aliphatic heterocycles. The van der Waals surface area contributed by atoms with Gasteiger partial charge in [0.2, 0.25) is 12.4 Å². The van der Waals surface area contributed by atoms with Gasteiger partial charge in [-0.1, -0.05) is 6.92 Å². The van der Waals surface area contributed by atoms with Crippen LogP contribution in [0, 0.1) is 0 Å². The summed E-state index contributed by atoms with van der Waals surface area (Å²) >= 11 is 0. The van der Waals surface area contributed by atoms with Gasteiger partial charge in [0.05, 0.1) is 0 Å². The standard InChI is InChI=1S/C16H24N6O2/c1-2-19-5-11-22(12-6-19)16-17-4-3-14(18-16)15(24)21-9-7-20(13-23)8-10-21/h3-4,13H,2,5-12H2,1H3. The molecule has 1 aromatic heterocycles. The number of hydrogen-bond donors (Lipinski definition) is 0. The van der Waals surface area contributed by atoms with Crippen molar-refractivity contribution in [3.63, 3.8) is 0 Å². The number of amides is 2. The van der Waals surface area contributed by atoms with Gasteiger partial charge in [0.25, 0.3) is 5.91 Å². The van der Waals surface area contributed by atoms with E-state index >= 15 is 0 Å². The van der Waals surface area contributed by atoms with Crippen LogP contribution in [0.25, 0.3) is 0 Å². The van der Waals surface area contributed by atoms with E-state index in [-0.39, 0.29) is 5.91 Å². The molecule has 2 aliphatic rings.